The van der Waals surface area contributed by atoms with Crippen molar-refractivity contribution in [1.82, 2.24) is 9.80 Å². The van der Waals surface area contributed by atoms with Crippen LogP contribution >= 0.6 is 0 Å². The van der Waals surface area contributed by atoms with Crippen LogP contribution in [0.4, 0.5) is 0 Å². The van der Waals surface area contributed by atoms with E-state index in [0.717, 1.165) is 0 Å². The van der Waals surface area contributed by atoms with Crippen LogP contribution in [0.2, 0.25) is 0 Å². The molecule has 0 aromatic carbocycles. The SMILES string of the molecule is CN1C=CN(C)C1CO. The molecule has 0 aliphatic carbocycles. The molecule has 0 saturated carbocycles. The van der Waals surface area contributed by atoms with Crippen LogP contribution in [0.3, 0.4) is 0 Å². The molecule has 1 N–H and O–H groups in total. The summed E-state index contributed by atoms with van der Waals surface area (Å²) in [7, 11) is 3.89. The first-order chi connectivity index (χ1) is 4.25. The van der Waals surface area contributed by atoms with Crippen molar-refractivity contribution in [3.8, 4) is 0 Å². The molecule has 3 heteroatoms. The van der Waals surface area contributed by atoms with Gasteiger partial charge in [-0.05, 0) is 0 Å². The Labute approximate surface area is 55.2 Å². The zero-order valence-electron chi connectivity index (χ0n) is 5.78. The third kappa shape index (κ3) is 1.00. The molecule has 0 amide bonds. The zero-order chi connectivity index (χ0) is 6.85. The van der Waals surface area contributed by atoms with E-state index in [2.05, 4.69) is 0 Å². The fourth-order valence-corrected chi connectivity index (χ4v) is 0.954. The van der Waals surface area contributed by atoms with E-state index < -0.39 is 0 Å². The first-order valence-corrected chi connectivity index (χ1v) is 2.99. The van der Waals surface area contributed by atoms with Gasteiger partial charge < -0.3 is 14.9 Å². The summed E-state index contributed by atoms with van der Waals surface area (Å²) in [6.07, 6.45) is 4.03. The highest BCUT2D eigenvalue weighted by atomic mass is 16.3. The van der Waals surface area contributed by atoms with Crippen LogP contribution < -0.4 is 0 Å². The van der Waals surface area contributed by atoms with Crippen molar-refractivity contribution in [2.24, 2.45) is 0 Å². The fourth-order valence-electron chi connectivity index (χ4n) is 0.954. The van der Waals surface area contributed by atoms with Crippen LogP contribution in [0.5, 0.6) is 0 Å². The second kappa shape index (κ2) is 2.27. The molecule has 1 aliphatic rings. The number of likely N-dealkylation sites (N-methyl/N-ethyl adjacent to an activating group) is 2. The molecule has 0 aromatic rings. The van der Waals surface area contributed by atoms with Crippen molar-refractivity contribution in [3.05, 3.63) is 12.4 Å². The minimum Gasteiger partial charge on any atom is -0.392 e. The lowest BCUT2D eigenvalue weighted by molar-refractivity contribution is 0.113. The molecule has 1 heterocycles. The predicted octanol–water partition coefficient (Wildman–Crippen LogP) is -0.347. The lowest BCUT2D eigenvalue weighted by Gasteiger charge is -2.24. The van der Waals surface area contributed by atoms with Crippen LogP contribution in [0.15, 0.2) is 12.4 Å². The van der Waals surface area contributed by atoms with Gasteiger partial charge in [0.2, 0.25) is 0 Å². The van der Waals surface area contributed by atoms with Crippen molar-refractivity contribution >= 4 is 0 Å². The monoisotopic (exact) mass is 128 g/mol. The molecule has 3 nitrogen and oxygen atoms in total. The van der Waals surface area contributed by atoms with E-state index in [-0.39, 0.29) is 12.8 Å². The highest BCUT2D eigenvalue weighted by Crippen LogP contribution is 2.09. The molecular formula is C6H12N2O. The average Bonchev–Trinajstić information content (AvgIpc) is 2.12. The van der Waals surface area contributed by atoms with Crippen molar-refractivity contribution in [2.45, 2.75) is 6.17 Å². The Morgan fingerprint density at radius 2 is 1.78 bits per heavy atom. The molecule has 0 saturated heterocycles. The lowest BCUT2D eigenvalue weighted by atomic mass is 10.5. The molecule has 52 valence electrons. The number of hydrogen-bond donors (Lipinski definition) is 1. The molecular weight excluding hydrogens is 116 g/mol. The van der Waals surface area contributed by atoms with Gasteiger partial charge in [0.25, 0.3) is 0 Å². The molecule has 0 unspecified atom stereocenters. The third-order valence-corrected chi connectivity index (χ3v) is 1.64. The van der Waals surface area contributed by atoms with Gasteiger partial charge in [0.05, 0.1) is 6.61 Å². The summed E-state index contributed by atoms with van der Waals surface area (Å²) in [5.41, 5.74) is 0. The molecule has 1 rings (SSSR count). The van der Waals surface area contributed by atoms with E-state index in [1.165, 1.54) is 0 Å². The topological polar surface area (TPSA) is 26.7 Å². The van der Waals surface area contributed by atoms with Crippen LogP contribution in [0.25, 0.3) is 0 Å². The Balaban J connectivity index is 2.53. The van der Waals surface area contributed by atoms with Gasteiger partial charge in [-0.15, -0.1) is 0 Å². The summed E-state index contributed by atoms with van der Waals surface area (Å²) in [6, 6.07) is 0. The van der Waals surface area contributed by atoms with E-state index in [4.69, 9.17) is 5.11 Å². The quantitative estimate of drug-likeness (QED) is 0.523. The van der Waals surface area contributed by atoms with Crippen LogP contribution in [-0.2, 0) is 0 Å². The normalized spacial score (nSPS) is 19.9. The van der Waals surface area contributed by atoms with Crippen LogP contribution in [-0.4, -0.2) is 41.8 Å². The smallest absolute Gasteiger partial charge is 0.124 e. The van der Waals surface area contributed by atoms with Crippen LogP contribution in [0.1, 0.15) is 0 Å². The van der Waals surface area contributed by atoms with Gasteiger partial charge in [0.15, 0.2) is 0 Å². The minimum atomic E-state index is 0.144. The van der Waals surface area contributed by atoms with Gasteiger partial charge in [0.1, 0.15) is 6.17 Å². The largest absolute Gasteiger partial charge is 0.392 e. The maximum Gasteiger partial charge on any atom is 0.124 e. The number of nitrogens with zero attached hydrogens (tertiary/aromatic N) is 2. The highest BCUT2D eigenvalue weighted by molar-refractivity contribution is 4.93. The van der Waals surface area contributed by atoms with E-state index in [0.29, 0.717) is 0 Å². The Hall–Kier alpha value is -0.700. The molecule has 0 bridgehead atoms. The molecule has 9 heavy (non-hydrogen) atoms. The van der Waals surface area contributed by atoms with Gasteiger partial charge >= 0.3 is 0 Å². The molecule has 0 aromatic heterocycles. The third-order valence-electron chi connectivity index (χ3n) is 1.64. The summed E-state index contributed by atoms with van der Waals surface area (Å²) >= 11 is 0. The average molecular weight is 128 g/mol. The Kier molecular flexibility index (Phi) is 1.62. The number of hydrogen-bond acceptors (Lipinski definition) is 3. The Morgan fingerprint density at radius 3 is 2.00 bits per heavy atom. The summed E-state index contributed by atoms with van der Waals surface area (Å²) < 4.78 is 0. The van der Waals surface area contributed by atoms with E-state index in [1.54, 1.807) is 0 Å². The van der Waals surface area contributed by atoms with Crippen molar-refractivity contribution in [1.29, 1.82) is 0 Å². The van der Waals surface area contributed by atoms with Crippen molar-refractivity contribution in [2.75, 3.05) is 20.7 Å². The minimum absolute atomic E-state index is 0.144. The lowest BCUT2D eigenvalue weighted by Crippen LogP contribution is -2.37. The first kappa shape index (κ1) is 6.42. The van der Waals surface area contributed by atoms with Crippen molar-refractivity contribution in [3.63, 3.8) is 0 Å². The Morgan fingerprint density at radius 1 is 1.33 bits per heavy atom. The summed E-state index contributed by atoms with van der Waals surface area (Å²) in [5.74, 6) is 0. The van der Waals surface area contributed by atoms with Gasteiger partial charge in [-0.1, -0.05) is 0 Å². The predicted molar refractivity (Wildman–Crippen MR) is 35.5 cm³/mol. The van der Waals surface area contributed by atoms with Gasteiger partial charge in [-0.3, -0.25) is 0 Å². The molecule has 0 atom stereocenters. The van der Waals surface area contributed by atoms with Gasteiger partial charge in [0, 0.05) is 26.5 Å². The number of aliphatic hydroxyl groups is 1. The highest BCUT2D eigenvalue weighted by Gasteiger charge is 2.17. The fraction of sp³-hybridized carbons (Fsp3) is 0.667. The maximum atomic E-state index is 8.78. The first-order valence-electron chi connectivity index (χ1n) is 2.99. The second-order valence-corrected chi connectivity index (χ2v) is 2.29. The van der Waals surface area contributed by atoms with Gasteiger partial charge in [-0.25, -0.2) is 0 Å². The molecule has 0 radical (unpaired) electrons. The van der Waals surface area contributed by atoms with Gasteiger partial charge in [-0.2, -0.15) is 0 Å². The van der Waals surface area contributed by atoms with E-state index in [9.17, 15) is 0 Å². The number of aliphatic hydroxyl groups excluding tert-OH is 1. The second-order valence-electron chi connectivity index (χ2n) is 2.29. The summed E-state index contributed by atoms with van der Waals surface area (Å²) in [5, 5.41) is 8.78. The van der Waals surface area contributed by atoms with Crippen molar-refractivity contribution < 1.29 is 5.11 Å². The standard InChI is InChI=1S/C6H12N2O/c1-7-3-4-8(2)6(7)5-9/h3-4,6,9H,5H2,1-2H3. The zero-order valence-corrected chi connectivity index (χ0v) is 5.78. The van der Waals surface area contributed by atoms with E-state index >= 15 is 0 Å². The molecule has 1 aliphatic heterocycles. The Bertz CT molecular complexity index is 112. The van der Waals surface area contributed by atoms with Crippen LogP contribution in [0, 0.1) is 0 Å². The molecule has 0 spiro atoms. The molecule has 0 fully saturated rings. The van der Waals surface area contributed by atoms with E-state index in [1.807, 2.05) is 36.3 Å². The summed E-state index contributed by atoms with van der Waals surface area (Å²) in [6.45, 7) is 0.181. The number of rotatable bonds is 1. The summed E-state index contributed by atoms with van der Waals surface area (Å²) in [4.78, 5) is 3.94. The maximum absolute atomic E-state index is 8.78.